The molecule has 5 nitrogen and oxygen atoms in total. The number of fused-ring (bicyclic) bond motifs is 1. The molecule has 0 saturated heterocycles. The molecule has 1 aromatic carbocycles. The van der Waals surface area contributed by atoms with Gasteiger partial charge in [-0.2, -0.15) is 5.10 Å². The van der Waals surface area contributed by atoms with Gasteiger partial charge in [-0.25, -0.2) is 4.98 Å². The van der Waals surface area contributed by atoms with Crippen LogP contribution in [0, 0.1) is 6.92 Å². The molecular formula is C14H12N4O. The number of aromatic amines is 1. The van der Waals surface area contributed by atoms with Crippen LogP contribution in [0.25, 0.3) is 11.0 Å². The molecule has 0 aliphatic carbocycles. The van der Waals surface area contributed by atoms with E-state index in [0.717, 1.165) is 11.1 Å². The number of H-pyrrole nitrogens is 1. The molecule has 0 saturated carbocycles. The topological polar surface area (TPSA) is 70.7 Å². The molecule has 0 aliphatic heterocycles. The van der Waals surface area contributed by atoms with E-state index in [2.05, 4.69) is 20.5 Å². The average Bonchev–Trinajstić information content (AvgIpc) is 2.82. The fraction of sp³-hybridized carbons (Fsp3) is 0.0714. The average molecular weight is 252 g/mol. The first-order valence-electron chi connectivity index (χ1n) is 5.92. The number of hydrogen-bond acceptors (Lipinski definition) is 3. The van der Waals surface area contributed by atoms with E-state index in [-0.39, 0.29) is 5.91 Å². The number of rotatable bonds is 2. The third-order valence-corrected chi connectivity index (χ3v) is 2.83. The first-order valence-corrected chi connectivity index (χ1v) is 5.92. The lowest BCUT2D eigenvalue weighted by molar-refractivity contribution is 0.102. The molecule has 5 heteroatoms. The summed E-state index contributed by atoms with van der Waals surface area (Å²) in [4.78, 5) is 16.3. The SMILES string of the molecule is Cc1ccc2c(NC(=O)c3ccccc3)n[nH]c2n1. The molecule has 3 rings (SSSR count). The number of nitrogens with zero attached hydrogens (tertiary/aromatic N) is 2. The maximum Gasteiger partial charge on any atom is 0.256 e. The maximum atomic E-state index is 12.0. The number of aryl methyl sites for hydroxylation is 1. The molecule has 0 bridgehead atoms. The molecule has 2 aromatic heterocycles. The van der Waals surface area contributed by atoms with E-state index in [1.54, 1.807) is 12.1 Å². The third-order valence-electron chi connectivity index (χ3n) is 2.83. The summed E-state index contributed by atoms with van der Waals surface area (Å²) in [5.74, 6) is 0.311. The molecule has 0 aliphatic rings. The fourth-order valence-electron chi connectivity index (χ4n) is 1.87. The van der Waals surface area contributed by atoms with Crippen LogP contribution in [-0.4, -0.2) is 21.1 Å². The first-order chi connectivity index (χ1) is 9.24. The van der Waals surface area contributed by atoms with Crippen molar-refractivity contribution in [3.63, 3.8) is 0 Å². The first kappa shape index (κ1) is 11.4. The molecule has 0 atom stereocenters. The Labute approximate surface area is 109 Å². The Balaban J connectivity index is 1.92. The van der Waals surface area contributed by atoms with Crippen molar-refractivity contribution < 1.29 is 4.79 Å². The second kappa shape index (κ2) is 4.53. The Kier molecular flexibility index (Phi) is 2.72. The second-order valence-electron chi connectivity index (χ2n) is 4.24. The summed E-state index contributed by atoms with van der Waals surface area (Å²) in [5.41, 5.74) is 2.17. The molecule has 0 spiro atoms. The lowest BCUT2D eigenvalue weighted by atomic mass is 10.2. The van der Waals surface area contributed by atoms with Gasteiger partial charge in [0.1, 0.15) is 0 Å². The number of nitrogens with one attached hydrogen (secondary N) is 2. The standard InChI is InChI=1S/C14H12N4O/c1-9-7-8-11-12(15-9)17-18-13(11)16-14(19)10-5-3-2-4-6-10/h2-8H,1H3,(H2,15,16,17,18,19). The van der Waals surface area contributed by atoms with Gasteiger partial charge in [-0.05, 0) is 31.2 Å². The predicted octanol–water partition coefficient (Wildman–Crippen LogP) is 2.52. The minimum Gasteiger partial charge on any atom is -0.305 e. The summed E-state index contributed by atoms with van der Waals surface area (Å²) in [5, 5.41) is 10.5. The number of pyridine rings is 1. The van der Waals surface area contributed by atoms with E-state index in [1.807, 2.05) is 37.3 Å². The molecule has 0 fully saturated rings. The van der Waals surface area contributed by atoms with Crippen molar-refractivity contribution in [1.82, 2.24) is 15.2 Å². The molecular weight excluding hydrogens is 240 g/mol. The van der Waals surface area contributed by atoms with Crippen molar-refractivity contribution in [3.05, 3.63) is 53.7 Å². The molecule has 1 amide bonds. The van der Waals surface area contributed by atoms with Crippen LogP contribution in [0.2, 0.25) is 0 Å². The predicted molar refractivity (Wildman–Crippen MR) is 73.0 cm³/mol. The van der Waals surface area contributed by atoms with Crippen molar-refractivity contribution in [2.24, 2.45) is 0 Å². The smallest absolute Gasteiger partial charge is 0.256 e. The van der Waals surface area contributed by atoms with Gasteiger partial charge in [-0.15, -0.1) is 0 Å². The highest BCUT2D eigenvalue weighted by Gasteiger charge is 2.11. The van der Waals surface area contributed by atoms with Gasteiger partial charge in [0.25, 0.3) is 5.91 Å². The number of benzene rings is 1. The normalized spacial score (nSPS) is 10.6. The van der Waals surface area contributed by atoms with Crippen LogP contribution in [0.4, 0.5) is 5.82 Å². The summed E-state index contributed by atoms with van der Waals surface area (Å²) in [6, 6.07) is 12.8. The number of hydrogen-bond donors (Lipinski definition) is 2. The largest absolute Gasteiger partial charge is 0.305 e. The highest BCUT2D eigenvalue weighted by molar-refractivity contribution is 6.07. The highest BCUT2D eigenvalue weighted by Crippen LogP contribution is 2.19. The number of carbonyl (C=O) groups excluding carboxylic acids is 1. The molecule has 94 valence electrons. The van der Waals surface area contributed by atoms with Crippen LogP contribution in [-0.2, 0) is 0 Å². The lowest BCUT2D eigenvalue weighted by Gasteiger charge is -2.02. The minimum absolute atomic E-state index is 0.186. The van der Waals surface area contributed by atoms with Gasteiger partial charge < -0.3 is 5.32 Å². The summed E-state index contributed by atoms with van der Waals surface area (Å²) in [6.45, 7) is 1.91. The molecule has 19 heavy (non-hydrogen) atoms. The zero-order chi connectivity index (χ0) is 13.2. The number of aromatic nitrogens is 3. The molecule has 2 heterocycles. The van der Waals surface area contributed by atoms with E-state index < -0.39 is 0 Å². The zero-order valence-electron chi connectivity index (χ0n) is 10.3. The lowest BCUT2D eigenvalue weighted by Crippen LogP contribution is -2.12. The van der Waals surface area contributed by atoms with Crippen molar-refractivity contribution in [2.75, 3.05) is 5.32 Å². The van der Waals surface area contributed by atoms with Crippen LogP contribution in [0.5, 0.6) is 0 Å². The Morgan fingerprint density at radius 2 is 1.95 bits per heavy atom. The van der Waals surface area contributed by atoms with Gasteiger partial charge in [0, 0.05) is 11.3 Å². The van der Waals surface area contributed by atoms with Crippen LogP contribution in [0.15, 0.2) is 42.5 Å². The summed E-state index contributed by atoms with van der Waals surface area (Å²) in [7, 11) is 0. The Bertz CT molecular complexity index is 734. The van der Waals surface area contributed by atoms with Crippen LogP contribution in [0.1, 0.15) is 16.1 Å². The Morgan fingerprint density at radius 3 is 2.74 bits per heavy atom. The molecule has 3 aromatic rings. The van der Waals surface area contributed by atoms with Gasteiger partial charge in [0.2, 0.25) is 0 Å². The quantitative estimate of drug-likeness (QED) is 0.736. The number of carbonyl (C=O) groups is 1. The molecule has 0 unspecified atom stereocenters. The minimum atomic E-state index is -0.186. The van der Waals surface area contributed by atoms with E-state index in [1.165, 1.54) is 0 Å². The van der Waals surface area contributed by atoms with Crippen LogP contribution < -0.4 is 5.32 Å². The van der Waals surface area contributed by atoms with Crippen molar-refractivity contribution >= 4 is 22.8 Å². The monoisotopic (exact) mass is 252 g/mol. The van der Waals surface area contributed by atoms with Crippen LogP contribution in [0.3, 0.4) is 0 Å². The second-order valence-corrected chi connectivity index (χ2v) is 4.24. The van der Waals surface area contributed by atoms with Crippen molar-refractivity contribution in [1.29, 1.82) is 0 Å². The fourth-order valence-corrected chi connectivity index (χ4v) is 1.87. The van der Waals surface area contributed by atoms with Gasteiger partial charge in [-0.1, -0.05) is 18.2 Å². The third kappa shape index (κ3) is 2.18. The molecule has 2 N–H and O–H groups in total. The van der Waals surface area contributed by atoms with Crippen LogP contribution >= 0.6 is 0 Å². The number of anilines is 1. The van der Waals surface area contributed by atoms with Gasteiger partial charge in [0.05, 0.1) is 5.39 Å². The number of amides is 1. The maximum absolute atomic E-state index is 12.0. The van der Waals surface area contributed by atoms with Gasteiger partial charge in [-0.3, -0.25) is 9.89 Å². The van der Waals surface area contributed by atoms with Crippen molar-refractivity contribution in [2.45, 2.75) is 6.92 Å². The van der Waals surface area contributed by atoms with E-state index in [4.69, 9.17) is 0 Å². The van der Waals surface area contributed by atoms with Crippen molar-refractivity contribution in [3.8, 4) is 0 Å². The summed E-state index contributed by atoms with van der Waals surface area (Å²) in [6.07, 6.45) is 0. The Morgan fingerprint density at radius 1 is 1.16 bits per heavy atom. The van der Waals surface area contributed by atoms with Gasteiger partial charge >= 0.3 is 0 Å². The molecule has 0 radical (unpaired) electrons. The summed E-state index contributed by atoms with van der Waals surface area (Å²) < 4.78 is 0. The van der Waals surface area contributed by atoms with Gasteiger partial charge in [0.15, 0.2) is 11.5 Å². The van der Waals surface area contributed by atoms with E-state index in [9.17, 15) is 4.79 Å². The Hall–Kier alpha value is -2.69. The zero-order valence-corrected chi connectivity index (χ0v) is 10.3. The highest BCUT2D eigenvalue weighted by atomic mass is 16.1. The van der Waals surface area contributed by atoms with E-state index in [0.29, 0.717) is 17.0 Å². The van der Waals surface area contributed by atoms with E-state index >= 15 is 0 Å². The summed E-state index contributed by atoms with van der Waals surface area (Å²) >= 11 is 0.